The van der Waals surface area contributed by atoms with Crippen molar-refractivity contribution < 1.29 is 22.7 Å². The predicted octanol–water partition coefficient (Wildman–Crippen LogP) is 3.69. The molecule has 0 aliphatic heterocycles. The van der Waals surface area contributed by atoms with E-state index in [2.05, 4.69) is 5.32 Å². The summed E-state index contributed by atoms with van der Waals surface area (Å²) in [5.74, 6) is 0.0787. The average molecular weight is 483 g/mol. The molecule has 4 bridgehead atoms. The number of anilines is 1. The fourth-order valence-electron chi connectivity index (χ4n) is 6.07. The van der Waals surface area contributed by atoms with Gasteiger partial charge in [-0.1, -0.05) is 6.07 Å². The van der Waals surface area contributed by atoms with Gasteiger partial charge in [-0.2, -0.15) is 0 Å². The lowest BCUT2D eigenvalue weighted by molar-refractivity contribution is -0.176. The zero-order valence-electron chi connectivity index (χ0n) is 19.0. The first kappa shape index (κ1) is 23.5. The van der Waals surface area contributed by atoms with Crippen LogP contribution in [0.15, 0.2) is 23.1 Å². The molecule has 4 saturated carbocycles. The number of benzene rings is 1. The molecule has 9 heteroatoms. The molecule has 0 radical (unpaired) electrons. The third kappa shape index (κ3) is 4.17. The Morgan fingerprint density at radius 2 is 1.81 bits per heavy atom. The Hall–Kier alpha value is -1.64. The average Bonchev–Trinajstić information content (AvgIpc) is 2.67. The normalized spacial score (nSPS) is 32.1. The van der Waals surface area contributed by atoms with Crippen LogP contribution in [0.4, 0.5) is 5.69 Å². The minimum atomic E-state index is -3.64. The van der Waals surface area contributed by atoms with E-state index in [1.54, 1.807) is 19.9 Å². The molecule has 176 valence electrons. The number of nitrogens with one attached hydrogen (secondary N) is 1. The first-order valence-corrected chi connectivity index (χ1v) is 12.9. The maximum absolute atomic E-state index is 13.2. The van der Waals surface area contributed by atoms with Gasteiger partial charge in [-0.3, -0.25) is 9.59 Å². The van der Waals surface area contributed by atoms with E-state index in [9.17, 15) is 18.0 Å². The quantitative estimate of drug-likeness (QED) is 0.493. The molecular weight excluding hydrogens is 452 g/mol. The Bertz CT molecular complexity index is 1040. The van der Waals surface area contributed by atoms with Gasteiger partial charge in [0.25, 0.3) is 5.91 Å². The molecule has 4 fully saturated rings. The Morgan fingerprint density at radius 3 is 2.38 bits per heavy atom. The molecule has 0 saturated heterocycles. The number of hydrogen-bond acceptors (Lipinski definition) is 5. The largest absolute Gasteiger partial charge is 0.452 e. The van der Waals surface area contributed by atoms with Crippen LogP contribution < -0.4 is 5.32 Å². The molecule has 1 N–H and O–H groups in total. The maximum atomic E-state index is 13.2. The second-order valence-electron chi connectivity index (χ2n) is 10.2. The highest BCUT2D eigenvalue weighted by Crippen LogP contribution is 2.64. The topological polar surface area (TPSA) is 92.8 Å². The highest BCUT2D eigenvalue weighted by Gasteiger charge is 2.61. The van der Waals surface area contributed by atoms with Gasteiger partial charge in [0.2, 0.25) is 10.0 Å². The predicted molar refractivity (Wildman–Crippen MR) is 122 cm³/mol. The van der Waals surface area contributed by atoms with Crippen molar-refractivity contribution in [2.45, 2.75) is 68.2 Å². The highest BCUT2D eigenvalue weighted by molar-refractivity contribution is 7.89. The van der Waals surface area contributed by atoms with Crippen molar-refractivity contribution in [3.05, 3.63) is 23.8 Å². The smallest absolute Gasteiger partial charge is 0.312 e. The Labute approximate surface area is 194 Å². The van der Waals surface area contributed by atoms with Crippen molar-refractivity contribution in [3.63, 3.8) is 0 Å². The van der Waals surface area contributed by atoms with Crippen molar-refractivity contribution in [2.75, 3.05) is 19.4 Å². The first-order chi connectivity index (χ1) is 14.8. The summed E-state index contributed by atoms with van der Waals surface area (Å²) in [7, 11) is -0.741. The monoisotopic (exact) mass is 482 g/mol. The van der Waals surface area contributed by atoms with Gasteiger partial charge in [-0.25, -0.2) is 12.7 Å². The molecule has 7 nitrogen and oxygen atoms in total. The van der Waals surface area contributed by atoms with Gasteiger partial charge in [0.15, 0.2) is 6.10 Å². The number of carbonyl (C=O) groups excluding carboxylic acids is 2. The van der Waals surface area contributed by atoms with E-state index in [-0.39, 0.29) is 15.7 Å². The van der Waals surface area contributed by atoms with Crippen molar-refractivity contribution >= 4 is 39.2 Å². The zero-order valence-corrected chi connectivity index (χ0v) is 20.6. The van der Waals surface area contributed by atoms with Gasteiger partial charge in [-0.15, -0.1) is 11.6 Å². The Balaban J connectivity index is 1.46. The summed E-state index contributed by atoms with van der Waals surface area (Å²) in [6.07, 6.45) is 4.23. The molecule has 5 rings (SSSR count). The number of amides is 1. The molecule has 3 unspecified atom stereocenters. The second-order valence-corrected chi connectivity index (χ2v) is 13.1. The lowest BCUT2D eigenvalue weighted by Crippen LogP contribution is -2.57. The molecule has 3 atom stereocenters. The number of ether oxygens (including phenoxy) is 1. The SMILES string of the molecule is Cc1ccc(S(=O)(=O)N(C)C)cc1NC(=O)C(C)OC(=O)C12CC3CC(CC(Cl)(C3)C1)C2. The Kier molecular flexibility index (Phi) is 5.87. The molecule has 1 amide bonds. The van der Waals surface area contributed by atoms with Crippen molar-refractivity contribution in [3.8, 4) is 0 Å². The van der Waals surface area contributed by atoms with Gasteiger partial charge in [0, 0.05) is 24.7 Å². The number of alkyl halides is 1. The van der Waals surface area contributed by atoms with Crippen LogP contribution in [0.25, 0.3) is 0 Å². The standard InChI is InChI=1S/C23H31ClN2O5S/c1-14-5-6-18(32(29,30)26(3)4)8-19(14)25-20(27)15(2)31-21(28)22-9-16-7-17(10-22)12-23(24,11-16)13-22/h5-6,8,15-17H,7,9-13H2,1-4H3,(H,25,27). The summed E-state index contributed by atoms with van der Waals surface area (Å²) in [6.45, 7) is 3.31. The minimum Gasteiger partial charge on any atom is -0.452 e. The van der Waals surface area contributed by atoms with E-state index in [0.29, 0.717) is 29.5 Å². The fourth-order valence-corrected chi connectivity index (χ4v) is 7.69. The third-order valence-electron chi connectivity index (χ3n) is 7.32. The van der Waals surface area contributed by atoms with Gasteiger partial charge < -0.3 is 10.1 Å². The van der Waals surface area contributed by atoms with Crippen molar-refractivity contribution in [2.24, 2.45) is 17.3 Å². The van der Waals surface area contributed by atoms with E-state index in [0.717, 1.165) is 36.4 Å². The summed E-state index contributed by atoms with van der Waals surface area (Å²) in [5.41, 5.74) is 0.491. The van der Waals surface area contributed by atoms with Crippen LogP contribution in [0.2, 0.25) is 0 Å². The van der Waals surface area contributed by atoms with E-state index >= 15 is 0 Å². The fraction of sp³-hybridized carbons (Fsp3) is 0.652. The number of carbonyl (C=O) groups is 2. The van der Waals surface area contributed by atoms with E-state index < -0.39 is 27.4 Å². The summed E-state index contributed by atoms with van der Waals surface area (Å²) < 4.78 is 31.6. The molecule has 1 aromatic carbocycles. The van der Waals surface area contributed by atoms with Crippen LogP contribution in [-0.2, 0) is 24.3 Å². The molecular formula is C23H31ClN2O5S. The van der Waals surface area contributed by atoms with E-state index in [1.165, 1.54) is 26.2 Å². The molecule has 0 heterocycles. The van der Waals surface area contributed by atoms with Crippen LogP contribution >= 0.6 is 11.6 Å². The molecule has 0 aromatic heterocycles. The summed E-state index contributed by atoms with van der Waals surface area (Å²) in [6, 6.07) is 4.56. The summed E-state index contributed by atoms with van der Waals surface area (Å²) in [4.78, 5) is 25.8. The Morgan fingerprint density at radius 1 is 1.19 bits per heavy atom. The van der Waals surface area contributed by atoms with Gasteiger partial charge in [-0.05, 0) is 81.9 Å². The molecule has 0 spiro atoms. The molecule has 1 aromatic rings. The van der Waals surface area contributed by atoms with Crippen LogP contribution in [0.1, 0.15) is 51.0 Å². The molecule has 4 aliphatic carbocycles. The van der Waals surface area contributed by atoms with Crippen molar-refractivity contribution in [1.82, 2.24) is 4.31 Å². The lowest BCUT2D eigenvalue weighted by Gasteiger charge is -2.58. The number of rotatable bonds is 6. The van der Waals surface area contributed by atoms with Crippen LogP contribution in [0.3, 0.4) is 0 Å². The number of nitrogens with zero attached hydrogens (tertiary/aromatic N) is 1. The number of aryl methyl sites for hydroxylation is 1. The summed E-state index contributed by atoms with van der Waals surface area (Å²) in [5, 5.41) is 2.72. The number of esters is 1. The van der Waals surface area contributed by atoms with Crippen LogP contribution in [0, 0.1) is 24.2 Å². The van der Waals surface area contributed by atoms with Crippen LogP contribution in [-0.4, -0.2) is 49.7 Å². The lowest BCUT2D eigenvalue weighted by atomic mass is 9.49. The summed E-state index contributed by atoms with van der Waals surface area (Å²) >= 11 is 6.82. The van der Waals surface area contributed by atoms with Crippen molar-refractivity contribution in [1.29, 1.82) is 0 Å². The van der Waals surface area contributed by atoms with Gasteiger partial charge in [0.1, 0.15) is 0 Å². The molecule has 4 aliphatic rings. The number of sulfonamides is 1. The second kappa shape index (κ2) is 7.99. The van der Waals surface area contributed by atoms with Gasteiger partial charge >= 0.3 is 5.97 Å². The van der Waals surface area contributed by atoms with Gasteiger partial charge in [0.05, 0.1) is 10.3 Å². The van der Waals surface area contributed by atoms with Crippen LogP contribution in [0.5, 0.6) is 0 Å². The van der Waals surface area contributed by atoms with E-state index in [1.807, 2.05) is 0 Å². The minimum absolute atomic E-state index is 0.0778. The first-order valence-electron chi connectivity index (χ1n) is 11.1. The molecule has 32 heavy (non-hydrogen) atoms. The maximum Gasteiger partial charge on any atom is 0.312 e. The third-order valence-corrected chi connectivity index (χ3v) is 9.57. The number of halogens is 1. The number of hydrogen-bond donors (Lipinski definition) is 1. The highest BCUT2D eigenvalue weighted by atomic mass is 35.5. The zero-order chi connectivity index (χ0) is 23.5. The van der Waals surface area contributed by atoms with E-state index in [4.69, 9.17) is 16.3 Å².